The first kappa shape index (κ1) is 19.2. The van der Waals surface area contributed by atoms with Crippen molar-refractivity contribution in [3.05, 3.63) is 78.1 Å². The molecule has 0 spiro atoms. The number of hydrogen-bond donors (Lipinski definition) is 1. The number of ether oxygens (including phenoxy) is 2. The molecule has 0 unspecified atom stereocenters. The summed E-state index contributed by atoms with van der Waals surface area (Å²) in [6, 6.07) is 10.1. The molecule has 0 atom stereocenters. The molecule has 7 heteroatoms. The zero-order valence-corrected chi connectivity index (χ0v) is 15.6. The molecule has 1 heterocycles. The highest BCUT2D eigenvalue weighted by Gasteiger charge is 2.07. The van der Waals surface area contributed by atoms with Crippen molar-refractivity contribution in [2.24, 2.45) is 0 Å². The van der Waals surface area contributed by atoms with Crippen molar-refractivity contribution < 1.29 is 18.7 Å². The van der Waals surface area contributed by atoms with Gasteiger partial charge in [0, 0.05) is 36.6 Å². The summed E-state index contributed by atoms with van der Waals surface area (Å²) >= 11 is 0. The van der Waals surface area contributed by atoms with Crippen molar-refractivity contribution in [3.8, 4) is 17.2 Å². The minimum Gasteiger partial charge on any atom is -0.497 e. The predicted octanol–water partition coefficient (Wildman–Crippen LogP) is 3.36. The molecule has 144 valence electrons. The van der Waals surface area contributed by atoms with Crippen LogP contribution in [0.3, 0.4) is 0 Å². The number of amides is 1. The van der Waals surface area contributed by atoms with Crippen molar-refractivity contribution in [1.82, 2.24) is 14.9 Å². The number of imidazole rings is 1. The number of methoxy groups -OCH3 is 2. The fourth-order valence-electron chi connectivity index (χ4n) is 2.64. The highest BCUT2D eigenvalue weighted by atomic mass is 19.1. The Morgan fingerprint density at radius 1 is 1.21 bits per heavy atom. The molecule has 0 aliphatic heterocycles. The van der Waals surface area contributed by atoms with E-state index in [1.54, 1.807) is 67.6 Å². The number of nitrogens with zero attached hydrogens (tertiary/aromatic N) is 2. The van der Waals surface area contributed by atoms with E-state index in [1.807, 2.05) is 0 Å². The zero-order chi connectivity index (χ0) is 19.9. The van der Waals surface area contributed by atoms with Crippen LogP contribution in [0.5, 0.6) is 11.5 Å². The van der Waals surface area contributed by atoms with Gasteiger partial charge in [-0.3, -0.25) is 4.79 Å². The third-order valence-electron chi connectivity index (χ3n) is 4.12. The van der Waals surface area contributed by atoms with Crippen molar-refractivity contribution in [2.45, 2.75) is 6.54 Å². The summed E-state index contributed by atoms with van der Waals surface area (Å²) < 4.78 is 26.3. The predicted molar refractivity (Wildman–Crippen MR) is 104 cm³/mol. The highest BCUT2D eigenvalue weighted by Crippen LogP contribution is 2.25. The summed E-state index contributed by atoms with van der Waals surface area (Å²) in [4.78, 5) is 16.0. The van der Waals surface area contributed by atoms with E-state index in [0.29, 0.717) is 22.7 Å². The van der Waals surface area contributed by atoms with Crippen LogP contribution in [0.25, 0.3) is 11.8 Å². The van der Waals surface area contributed by atoms with Crippen LogP contribution in [0.2, 0.25) is 0 Å². The number of carbonyl (C=O) groups is 1. The summed E-state index contributed by atoms with van der Waals surface area (Å²) in [5, 5.41) is 2.73. The molecule has 0 fully saturated rings. The van der Waals surface area contributed by atoms with E-state index in [4.69, 9.17) is 9.47 Å². The number of aromatic nitrogens is 2. The first-order valence-corrected chi connectivity index (χ1v) is 8.55. The fourth-order valence-corrected chi connectivity index (χ4v) is 2.64. The Bertz CT molecular complexity index is 985. The lowest BCUT2D eigenvalue weighted by atomic mass is 10.1. The number of carbonyl (C=O) groups excluding carboxylic acids is 1. The molecular weight excluding hydrogens is 361 g/mol. The van der Waals surface area contributed by atoms with Crippen LogP contribution in [-0.2, 0) is 11.3 Å². The monoisotopic (exact) mass is 381 g/mol. The molecule has 0 aliphatic rings. The van der Waals surface area contributed by atoms with Crippen molar-refractivity contribution in [1.29, 1.82) is 0 Å². The van der Waals surface area contributed by atoms with Crippen molar-refractivity contribution >= 4 is 12.0 Å². The average molecular weight is 381 g/mol. The van der Waals surface area contributed by atoms with Crippen molar-refractivity contribution in [2.75, 3.05) is 14.2 Å². The van der Waals surface area contributed by atoms with Crippen LogP contribution >= 0.6 is 0 Å². The molecule has 6 nitrogen and oxygen atoms in total. The second-order valence-corrected chi connectivity index (χ2v) is 5.91. The van der Waals surface area contributed by atoms with Gasteiger partial charge in [-0.1, -0.05) is 6.07 Å². The van der Waals surface area contributed by atoms with Gasteiger partial charge in [0.25, 0.3) is 0 Å². The first-order chi connectivity index (χ1) is 13.6. The quantitative estimate of drug-likeness (QED) is 0.638. The van der Waals surface area contributed by atoms with Crippen LogP contribution in [0.15, 0.2) is 61.2 Å². The van der Waals surface area contributed by atoms with E-state index in [-0.39, 0.29) is 18.3 Å². The maximum absolute atomic E-state index is 14.3. The standard InChI is InChI=1S/C21H20FN3O3/c1-27-17-6-4-16(20(12-17)28-2)5-8-21(26)24-13-15-3-7-19(18(22)11-15)25-10-9-23-14-25/h3-12,14H,13H2,1-2H3,(H,24,26)/b8-5+. The molecule has 28 heavy (non-hydrogen) atoms. The fraction of sp³-hybridized carbons (Fsp3) is 0.143. The maximum Gasteiger partial charge on any atom is 0.244 e. The Morgan fingerprint density at radius 3 is 2.75 bits per heavy atom. The van der Waals surface area contributed by atoms with Gasteiger partial charge in [-0.25, -0.2) is 9.37 Å². The molecule has 0 bridgehead atoms. The van der Waals surface area contributed by atoms with E-state index >= 15 is 0 Å². The average Bonchev–Trinajstić information content (AvgIpc) is 3.25. The van der Waals surface area contributed by atoms with E-state index in [1.165, 1.54) is 18.5 Å². The number of nitrogens with one attached hydrogen (secondary N) is 1. The molecule has 0 aliphatic carbocycles. The molecule has 0 saturated carbocycles. The molecule has 1 amide bonds. The zero-order valence-electron chi connectivity index (χ0n) is 15.6. The second kappa shape index (κ2) is 8.85. The Balaban J connectivity index is 1.61. The van der Waals surface area contributed by atoms with E-state index in [9.17, 15) is 9.18 Å². The molecule has 0 radical (unpaired) electrons. The molecular formula is C21H20FN3O3. The number of hydrogen-bond acceptors (Lipinski definition) is 4. The van der Waals surface area contributed by atoms with Crippen LogP contribution in [-0.4, -0.2) is 29.7 Å². The summed E-state index contributed by atoms with van der Waals surface area (Å²) in [7, 11) is 3.12. The van der Waals surface area contributed by atoms with Gasteiger partial charge < -0.3 is 19.4 Å². The summed E-state index contributed by atoms with van der Waals surface area (Å²) in [5.74, 6) is 0.584. The van der Waals surface area contributed by atoms with Crippen LogP contribution in [0.4, 0.5) is 4.39 Å². The SMILES string of the molecule is COc1ccc(/C=C/C(=O)NCc2ccc(-n3ccnc3)c(F)c2)c(OC)c1. The van der Waals surface area contributed by atoms with Crippen LogP contribution < -0.4 is 14.8 Å². The number of rotatable bonds is 7. The number of benzene rings is 2. The van der Waals surface area contributed by atoms with Gasteiger partial charge in [-0.05, 0) is 35.9 Å². The smallest absolute Gasteiger partial charge is 0.244 e. The van der Waals surface area contributed by atoms with Gasteiger partial charge in [-0.2, -0.15) is 0 Å². The highest BCUT2D eigenvalue weighted by molar-refractivity contribution is 5.92. The largest absolute Gasteiger partial charge is 0.497 e. The van der Waals surface area contributed by atoms with Gasteiger partial charge in [0.1, 0.15) is 17.3 Å². The Labute approximate surface area is 162 Å². The molecule has 3 rings (SSSR count). The Kier molecular flexibility index (Phi) is 6.06. The number of halogens is 1. The van der Waals surface area contributed by atoms with E-state index in [2.05, 4.69) is 10.3 Å². The summed E-state index contributed by atoms with van der Waals surface area (Å²) in [6.45, 7) is 0.212. The van der Waals surface area contributed by atoms with Crippen molar-refractivity contribution in [3.63, 3.8) is 0 Å². The van der Waals surface area contributed by atoms with E-state index < -0.39 is 0 Å². The van der Waals surface area contributed by atoms with Crippen LogP contribution in [0.1, 0.15) is 11.1 Å². The Morgan fingerprint density at radius 2 is 2.07 bits per heavy atom. The lowest BCUT2D eigenvalue weighted by molar-refractivity contribution is -0.116. The summed E-state index contributed by atoms with van der Waals surface area (Å²) in [5.41, 5.74) is 1.80. The molecule has 1 N–H and O–H groups in total. The molecule has 2 aromatic carbocycles. The normalized spacial score (nSPS) is 10.8. The maximum atomic E-state index is 14.3. The lowest BCUT2D eigenvalue weighted by Gasteiger charge is -2.08. The molecule has 0 saturated heterocycles. The molecule has 3 aromatic rings. The van der Waals surface area contributed by atoms with Gasteiger partial charge in [-0.15, -0.1) is 0 Å². The second-order valence-electron chi connectivity index (χ2n) is 5.91. The van der Waals surface area contributed by atoms with Gasteiger partial charge in [0.2, 0.25) is 5.91 Å². The molecule has 1 aromatic heterocycles. The minimum atomic E-state index is -0.386. The van der Waals surface area contributed by atoms with Gasteiger partial charge >= 0.3 is 0 Å². The Hall–Kier alpha value is -3.61. The van der Waals surface area contributed by atoms with Gasteiger partial charge in [0.15, 0.2) is 0 Å². The van der Waals surface area contributed by atoms with Gasteiger partial charge in [0.05, 0.1) is 26.2 Å². The van der Waals surface area contributed by atoms with Crippen LogP contribution in [0, 0.1) is 5.82 Å². The third-order valence-corrected chi connectivity index (χ3v) is 4.12. The van der Waals surface area contributed by atoms with E-state index in [0.717, 1.165) is 5.56 Å². The summed E-state index contributed by atoms with van der Waals surface area (Å²) in [6.07, 6.45) is 7.82. The first-order valence-electron chi connectivity index (χ1n) is 8.55. The lowest BCUT2D eigenvalue weighted by Crippen LogP contribution is -2.20. The minimum absolute atomic E-state index is 0.212. The third kappa shape index (κ3) is 4.56. The topological polar surface area (TPSA) is 65.4 Å².